The molecule has 0 aromatic heterocycles. The van der Waals surface area contributed by atoms with Crippen LogP contribution in [0.25, 0.3) is 0 Å². The molecule has 1 aliphatic rings. The first-order valence-electron chi connectivity index (χ1n) is 3.95. The van der Waals surface area contributed by atoms with Crippen molar-refractivity contribution in [1.29, 1.82) is 0 Å². The number of carbonyl (C=O) groups is 1. The fraction of sp³-hybridized carbons (Fsp3) is 0.125. The van der Waals surface area contributed by atoms with E-state index in [0.717, 1.165) is 0 Å². The van der Waals surface area contributed by atoms with E-state index in [9.17, 15) is 18.3 Å². The Balaban J connectivity index is 2.80. The van der Waals surface area contributed by atoms with E-state index in [2.05, 4.69) is 0 Å². The maximum absolute atomic E-state index is 11.7. The van der Waals surface area contributed by atoms with Crippen LogP contribution in [0.15, 0.2) is 23.1 Å². The zero-order chi connectivity index (χ0) is 11.2. The third-order valence-corrected chi connectivity index (χ3v) is 4.27. The lowest BCUT2D eigenvalue weighted by molar-refractivity contribution is 0.0883. The topological polar surface area (TPSA) is 74.7 Å². The molecule has 80 valence electrons. The summed E-state index contributed by atoms with van der Waals surface area (Å²) >= 11 is 5.37. The number of aromatic hydroxyl groups is 1. The zero-order valence-corrected chi connectivity index (χ0v) is 8.92. The molecule has 0 fully saturated rings. The summed E-state index contributed by atoms with van der Waals surface area (Å²) in [6.07, 6.45) is 0. The third kappa shape index (κ3) is 1.22. The van der Waals surface area contributed by atoms with Crippen LogP contribution >= 0.6 is 11.6 Å². The molecular weight excluding hydrogens is 242 g/mol. The predicted molar refractivity (Wildman–Crippen MR) is 52.2 cm³/mol. The normalized spacial score (nSPS) is 17.9. The van der Waals surface area contributed by atoms with Crippen molar-refractivity contribution in [2.75, 3.05) is 6.00 Å². The van der Waals surface area contributed by atoms with Gasteiger partial charge in [0.15, 0.2) is 0 Å². The smallest absolute Gasteiger partial charge is 0.273 e. The molecule has 0 spiro atoms. The molecule has 1 amide bonds. The minimum Gasteiger partial charge on any atom is -0.507 e. The van der Waals surface area contributed by atoms with Gasteiger partial charge in [-0.2, -0.15) is 0 Å². The molecule has 0 saturated carbocycles. The van der Waals surface area contributed by atoms with E-state index in [0.29, 0.717) is 4.31 Å². The number of hydrogen-bond acceptors (Lipinski definition) is 4. The monoisotopic (exact) mass is 247 g/mol. The predicted octanol–water partition coefficient (Wildman–Crippen LogP) is 0.733. The second-order valence-corrected chi connectivity index (χ2v) is 5.00. The van der Waals surface area contributed by atoms with Gasteiger partial charge in [0, 0.05) is 0 Å². The fourth-order valence-electron chi connectivity index (χ4n) is 1.42. The molecule has 0 aliphatic carbocycles. The number of fused-ring (bicyclic) bond motifs is 1. The number of benzene rings is 1. The Bertz CT molecular complexity index is 540. The van der Waals surface area contributed by atoms with Crippen molar-refractivity contribution in [2.45, 2.75) is 4.90 Å². The summed E-state index contributed by atoms with van der Waals surface area (Å²) in [4.78, 5) is 11.4. The first kappa shape index (κ1) is 10.3. The Labute approximate surface area is 90.9 Å². The van der Waals surface area contributed by atoms with E-state index in [1.54, 1.807) is 0 Å². The van der Waals surface area contributed by atoms with Gasteiger partial charge in [-0.1, -0.05) is 6.07 Å². The van der Waals surface area contributed by atoms with Crippen molar-refractivity contribution in [3.05, 3.63) is 23.8 Å². The largest absolute Gasteiger partial charge is 0.507 e. The Hall–Kier alpha value is -1.27. The highest BCUT2D eigenvalue weighted by Crippen LogP contribution is 2.35. The van der Waals surface area contributed by atoms with Crippen LogP contribution in [0.3, 0.4) is 0 Å². The average Bonchev–Trinajstić information content (AvgIpc) is 2.36. The third-order valence-electron chi connectivity index (χ3n) is 2.12. The molecule has 0 unspecified atom stereocenters. The second-order valence-electron chi connectivity index (χ2n) is 2.93. The van der Waals surface area contributed by atoms with Crippen molar-refractivity contribution in [2.24, 2.45) is 0 Å². The van der Waals surface area contributed by atoms with Crippen molar-refractivity contribution < 1.29 is 18.3 Å². The van der Waals surface area contributed by atoms with Gasteiger partial charge in [-0.3, -0.25) is 4.79 Å². The van der Waals surface area contributed by atoms with Crippen LogP contribution in [-0.4, -0.2) is 29.7 Å². The summed E-state index contributed by atoms with van der Waals surface area (Å²) in [6, 6.07) is 3.41. The number of rotatable bonds is 1. The lowest BCUT2D eigenvalue weighted by atomic mass is 10.2. The van der Waals surface area contributed by atoms with E-state index < -0.39 is 21.9 Å². The molecule has 0 radical (unpaired) electrons. The molecule has 1 aromatic rings. The summed E-state index contributed by atoms with van der Waals surface area (Å²) in [6.45, 7) is 0. The number of sulfonamides is 1. The minimum absolute atomic E-state index is 0.201. The van der Waals surface area contributed by atoms with Crippen LogP contribution in [0, 0.1) is 0 Å². The molecule has 2 rings (SSSR count). The number of carbonyl (C=O) groups excluding carboxylic acids is 1. The van der Waals surface area contributed by atoms with Gasteiger partial charge in [0.05, 0.1) is 0 Å². The number of alkyl halides is 1. The minimum atomic E-state index is -3.88. The van der Waals surface area contributed by atoms with E-state index in [4.69, 9.17) is 11.6 Å². The summed E-state index contributed by atoms with van der Waals surface area (Å²) in [5, 5.41) is 9.39. The number of hydrogen-bond donors (Lipinski definition) is 1. The molecule has 0 saturated heterocycles. The first-order valence-corrected chi connectivity index (χ1v) is 5.92. The molecular formula is C8H6ClNO4S. The molecule has 0 atom stereocenters. The summed E-state index contributed by atoms with van der Waals surface area (Å²) in [7, 11) is -3.88. The quantitative estimate of drug-likeness (QED) is 0.587. The molecule has 1 N–H and O–H groups in total. The summed E-state index contributed by atoms with van der Waals surface area (Å²) in [5.41, 5.74) is -0.210. The molecule has 0 bridgehead atoms. The van der Waals surface area contributed by atoms with E-state index in [1.807, 2.05) is 0 Å². The molecule has 1 aromatic carbocycles. The Morgan fingerprint density at radius 1 is 1.40 bits per heavy atom. The maximum atomic E-state index is 11.7. The highest BCUT2D eigenvalue weighted by Gasteiger charge is 2.42. The highest BCUT2D eigenvalue weighted by molar-refractivity contribution is 7.90. The van der Waals surface area contributed by atoms with E-state index in [-0.39, 0.29) is 16.2 Å². The van der Waals surface area contributed by atoms with E-state index in [1.165, 1.54) is 18.2 Å². The number of nitrogens with zero attached hydrogens (tertiary/aromatic N) is 1. The van der Waals surface area contributed by atoms with Crippen LogP contribution in [0.5, 0.6) is 5.75 Å². The SMILES string of the molecule is O=C1c2c(O)cccc2S(=O)(=O)N1CCl. The van der Waals surface area contributed by atoms with E-state index >= 15 is 0 Å². The molecule has 7 heteroatoms. The zero-order valence-electron chi connectivity index (χ0n) is 7.34. The second kappa shape index (κ2) is 3.11. The van der Waals surface area contributed by atoms with Crippen LogP contribution < -0.4 is 0 Å². The molecule has 5 nitrogen and oxygen atoms in total. The van der Waals surface area contributed by atoms with Crippen molar-refractivity contribution in [3.63, 3.8) is 0 Å². The van der Waals surface area contributed by atoms with Gasteiger partial charge in [-0.25, -0.2) is 12.7 Å². The Kier molecular flexibility index (Phi) is 2.13. The summed E-state index contributed by atoms with van der Waals surface area (Å²) < 4.78 is 23.9. The fourth-order valence-corrected chi connectivity index (χ4v) is 3.29. The van der Waals surface area contributed by atoms with Gasteiger partial charge in [0.2, 0.25) is 0 Å². The number of phenols is 1. The highest BCUT2D eigenvalue weighted by atomic mass is 35.5. The van der Waals surface area contributed by atoms with Crippen molar-refractivity contribution in [1.82, 2.24) is 4.31 Å². The first-order chi connectivity index (χ1) is 7.00. The van der Waals surface area contributed by atoms with Crippen molar-refractivity contribution in [3.8, 4) is 5.75 Å². The van der Waals surface area contributed by atoms with Crippen molar-refractivity contribution >= 4 is 27.5 Å². The van der Waals surface area contributed by atoms with Gasteiger partial charge in [-0.15, -0.1) is 11.6 Å². The van der Waals surface area contributed by atoms with Gasteiger partial charge in [0.1, 0.15) is 22.2 Å². The summed E-state index contributed by atoms with van der Waals surface area (Å²) in [5.74, 6) is -1.15. The van der Waals surface area contributed by atoms with Gasteiger partial charge in [0.25, 0.3) is 15.9 Å². The van der Waals surface area contributed by atoms with Crippen LogP contribution in [-0.2, 0) is 10.0 Å². The van der Waals surface area contributed by atoms with Gasteiger partial charge in [-0.05, 0) is 12.1 Å². The van der Waals surface area contributed by atoms with Crippen LogP contribution in [0.4, 0.5) is 0 Å². The average molecular weight is 248 g/mol. The van der Waals surface area contributed by atoms with Crippen LogP contribution in [0.2, 0.25) is 0 Å². The number of phenolic OH excluding ortho intramolecular Hbond substituents is 1. The van der Waals surface area contributed by atoms with Gasteiger partial charge < -0.3 is 5.11 Å². The maximum Gasteiger partial charge on any atom is 0.273 e. The van der Waals surface area contributed by atoms with Gasteiger partial charge >= 0.3 is 0 Å². The molecule has 15 heavy (non-hydrogen) atoms. The Morgan fingerprint density at radius 2 is 2.07 bits per heavy atom. The number of halogens is 1. The number of amides is 1. The Morgan fingerprint density at radius 3 is 2.60 bits per heavy atom. The lowest BCUT2D eigenvalue weighted by Gasteiger charge is -2.09. The standard InChI is InChI=1S/C8H6ClNO4S/c9-4-10-8(12)7-5(11)2-1-3-6(7)15(10,13)14/h1-3,11H,4H2. The molecule has 1 aliphatic heterocycles. The molecule has 1 heterocycles. The van der Waals surface area contributed by atoms with Crippen LogP contribution in [0.1, 0.15) is 10.4 Å². The lowest BCUT2D eigenvalue weighted by Crippen LogP contribution is -2.28.